The molecule has 0 saturated carbocycles. The van der Waals surface area contributed by atoms with Crippen molar-refractivity contribution < 1.29 is 0 Å². The van der Waals surface area contributed by atoms with E-state index < -0.39 is 0 Å². The molecule has 0 fully saturated rings. The quantitative estimate of drug-likeness (QED) is 0.768. The zero-order chi connectivity index (χ0) is 14.1. The van der Waals surface area contributed by atoms with Gasteiger partial charge in [0.05, 0.1) is 11.9 Å². The molecule has 0 atom stereocenters. The Kier molecular flexibility index (Phi) is 3.45. The first-order valence-corrected chi connectivity index (χ1v) is 7.40. The molecule has 0 aromatic carbocycles. The molecule has 106 valence electrons. The molecule has 0 amide bonds. The van der Waals surface area contributed by atoms with Crippen LogP contribution in [0, 0.1) is 0 Å². The van der Waals surface area contributed by atoms with Gasteiger partial charge < -0.3 is 10.6 Å². The van der Waals surface area contributed by atoms with Gasteiger partial charge in [-0.05, 0) is 6.54 Å². The van der Waals surface area contributed by atoms with Crippen molar-refractivity contribution >= 4 is 22.1 Å². The number of hydrogen-bond donors (Lipinski definition) is 1. The van der Waals surface area contributed by atoms with Crippen LogP contribution in [-0.2, 0) is 20.0 Å². The molecular weight excluding hydrogens is 272 g/mol. The summed E-state index contributed by atoms with van der Waals surface area (Å²) in [5, 5.41) is 6.25. The highest BCUT2D eigenvalue weighted by Gasteiger charge is 2.16. The van der Waals surface area contributed by atoms with Gasteiger partial charge in [-0.2, -0.15) is 5.10 Å². The number of aryl methyl sites for hydroxylation is 1. The van der Waals surface area contributed by atoms with Crippen molar-refractivity contribution in [3.05, 3.63) is 35.2 Å². The Balaban J connectivity index is 1.91. The Morgan fingerprint density at radius 3 is 3.00 bits per heavy atom. The van der Waals surface area contributed by atoms with Crippen molar-refractivity contribution in [3.8, 4) is 0 Å². The number of rotatable bonds is 5. The summed E-state index contributed by atoms with van der Waals surface area (Å²) in [4.78, 5) is 7.89. The van der Waals surface area contributed by atoms with Crippen LogP contribution in [0.5, 0.6) is 0 Å². The molecule has 7 heteroatoms. The second-order valence-corrected chi connectivity index (χ2v) is 5.73. The highest BCUT2D eigenvalue weighted by atomic mass is 32.1. The van der Waals surface area contributed by atoms with E-state index in [1.165, 1.54) is 11.3 Å². The third-order valence-corrected chi connectivity index (χ3v) is 4.02. The van der Waals surface area contributed by atoms with E-state index in [1.54, 1.807) is 11.3 Å². The standard InChI is InChI=1S/C13H18N6S/c1-17(8-10-7-15-18(2)9-10)12-11(3-4-14)19-5-6-20-13(19)16-12/h5-7,9H,3-4,8,14H2,1-2H3. The van der Waals surface area contributed by atoms with E-state index in [1.807, 2.05) is 29.5 Å². The Morgan fingerprint density at radius 2 is 2.30 bits per heavy atom. The number of imidazole rings is 1. The van der Waals surface area contributed by atoms with Crippen LogP contribution in [0.2, 0.25) is 0 Å². The fraction of sp³-hybridized carbons (Fsp3) is 0.385. The molecule has 0 bridgehead atoms. The first-order chi connectivity index (χ1) is 9.69. The largest absolute Gasteiger partial charge is 0.354 e. The van der Waals surface area contributed by atoms with Crippen LogP contribution in [0.25, 0.3) is 4.96 Å². The molecule has 6 nitrogen and oxygen atoms in total. The zero-order valence-corrected chi connectivity index (χ0v) is 12.5. The van der Waals surface area contributed by atoms with E-state index in [0.29, 0.717) is 6.54 Å². The van der Waals surface area contributed by atoms with Crippen LogP contribution in [0.4, 0.5) is 5.82 Å². The number of anilines is 1. The van der Waals surface area contributed by atoms with E-state index in [-0.39, 0.29) is 0 Å². The Labute approximate surface area is 121 Å². The molecule has 3 rings (SSSR count). The predicted molar refractivity (Wildman–Crippen MR) is 81.1 cm³/mol. The van der Waals surface area contributed by atoms with Crippen LogP contribution >= 0.6 is 11.3 Å². The highest BCUT2D eigenvalue weighted by Crippen LogP contribution is 2.25. The lowest BCUT2D eigenvalue weighted by molar-refractivity contribution is 0.766. The number of fused-ring (bicyclic) bond motifs is 1. The summed E-state index contributed by atoms with van der Waals surface area (Å²) in [6.45, 7) is 1.41. The molecule has 0 saturated heterocycles. The topological polar surface area (TPSA) is 64.4 Å². The summed E-state index contributed by atoms with van der Waals surface area (Å²) >= 11 is 1.64. The highest BCUT2D eigenvalue weighted by molar-refractivity contribution is 7.15. The molecule has 0 unspecified atom stereocenters. The second-order valence-electron chi connectivity index (χ2n) is 4.85. The summed E-state index contributed by atoms with van der Waals surface area (Å²) in [5.74, 6) is 1.01. The minimum absolute atomic E-state index is 0.622. The maximum Gasteiger partial charge on any atom is 0.195 e. The van der Waals surface area contributed by atoms with E-state index in [9.17, 15) is 0 Å². The van der Waals surface area contributed by atoms with Gasteiger partial charge in [0.25, 0.3) is 0 Å². The maximum absolute atomic E-state index is 5.73. The maximum atomic E-state index is 5.73. The van der Waals surface area contributed by atoms with Gasteiger partial charge in [0.1, 0.15) is 0 Å². The van der Waals surface area contributed by atoms with Gasteiger partial charge in [0.15, 0.2) is 10.8 Å². The van der Waals surface area contributed by atoms with E-state index in [0.717, 1.165) is 23.7 Å². The van der Waals surface area contributed by atoms with Crippen molar-refractivity contribution in [2.75, 3.05) is 18.5 Å². The van der Waals surface area contributed by atoms with Gasteiger partial charge >= 0.3 is 0 Å². The molecule has 0 spiro atoms. The first-order valence-electron chi connectivity index (χ1n) is 6.52. The lowest BCUT2D eigenvalue weighted by atomic mass is 10.2. The molecule has 2 N–H and O–H groups in total. The normalized spacial score (nSPS) is 11.3. The third-order valence-electron chi connectivity index (χ3n) is 3.26. The van der Waals surface area contributed by atoms with Gasteiger partial charge in [0, 0.05) is 50.4 Å². The molecule has 0 aliphatic rings. The fourth-order valence-electron chi connectivity index (χ4n) is 2.40. The van der Waals surface area contributed by atoms with Gasteiger partial charge in [-0.1, -0.05) is 0 Å². The van der Waals surface area contributed by atoms with Gasteiger partial charge in [-0.3, -0.25) is 9.08 Å². The van der Waals surface area contributed by atoms with E-state index in [2.05, 4.69) is 27.6 Å². The molecule has 0 aliphatic carbocycles. The van der Waals surface area contributed by atoms with Crippen molar-refractivity contribution in [2.45, 2.75) is 13.0 Å². The molecule has 3 aromatic heterocycles. The fourth-order valence-corrected chi connectivity index (χ4v) is 3.13. The number of thiazole rings is 1. The minimum Gasteiger partial charge on any atom is -0.354 e. The zero-order valence-electron chi connectivity index (χ0n) is 11.7. The smallest absolute Gasteiger partial charge is 0.195 e. The molecule has 3 aromatic rings. The predicted octanol–water partition coefficient (Wildman–Crippen LogP) is 1.27. The van der Waals surface area contributed by atoms with Gasteiger partial charge in [0.2, 0.25) is 0 Å². The molecule has 20 heavy (non-hydrogen) atoms. The van der Waals surface area contributed by atoms with Crippen LogP contribution in [0.1, 0.15) is 11.3 Å². The van der Waals surface area contributed by atoms with Crippen LogP contribution in [-0.4, -0.2) is 32.8 Å². The Bertz CT molecular complexity index is 709. The molecule has 0 aliphatic heterocycles. The second kappa shape index (κ2) is 5.26. The Hall–Kier alpha value is -1.86. The SMILES string of the molecule is CN(Cc1cnn(C)c1)c1nc2sccn2c1CCN. The van der Waals surface area contributed by atoms with Crippen molar-refractivity contribution in [3.63, 3.8) is 0 Å². The summed E-state index contributed by atoms with van der Waals surface area (Å²) in [7, 11) is 3.98. The van der Waals surface area contributed by atoms with Gasteiger partial charge in [-0.15, -0.1) is 11.3 Å². The van der Waals surface area contributed by atoms with Crippen LogP contribution in [0.15, 0.2) is 24.0 Å². The van der Waals surface area contributed by atoms with E-state index in [4.69, 9.17) is 10.7 Å². The van der Waals surface area contributed by atoms with Crippen LogP contribution < -0.4 is 10.6 Å². The minimum atomic E-state index is 0.622. The summed E-state index contributed by atoms with van der Waals surface area (Å²) in [5.41, 5.74) is 8.08. The van der Waals surface area contributed by atoms with Crippen molar-refractivity contribution in [1.29, 1.82) is 0 Å². The number of aromatic nitrogens is 4. The lowest BCUT2D eigenvalue weighted by Crippen LogP contribution is -2.19. The van der Waals surface area contributed by atoms with E-state index >= 15 is 0 Å². The molecule has 3 heterocycles. The first kappa shape index (κ1) is 13.1. The lowest BCUT2D eigenvalue weighted by Gasteiger charge is -2.17. The number of nitrogens with zero attached hydrogens (tertiary/aromatic N) is 5. The summed E-state index contributed by atoms with van der Waals surface area (Å²) in [6.07, 6.45) is 6.79. The average Bonchev–Trinajstić information content (AvgIpc) is 3.08. The Morgan fingerprint density at radius 1 is 1.45 bits per heavy atom. The molecule has 0 radical (unpaired) electrons. The van der Waals surface area contributed by atoms with Gasteiger partial charge in [-0.25, -0.2) is 4.98 Å². The monoisotopic (exact) mass is 290 g/mol. The summed E-state index contributed by atoms with van der Waals surface area (Å²) < 4.78 is 3.95. The van der Waals surface area contributed by atoms with Crippen molar-refractivity contribution in [1.82, 2.24) is 19.2 Å². The average molecular weight is 290 g/mol. The molecular formula is C13H18N6S. The van der Waals surface area contributed by atoms with Crippen LogP contribution in [0.3, 0.4) is 0 Å². The summed E-state index contributed by atoms with van der Waals surface area (Å²) in [6, 6.07) is 0. The number of hydrogen-bond acceptors (Lipinski definition) is 5. The third kappa shape index (κ3) is 2.30. The number of nitrogens with two attached hydrogens (primary N) is 1. The van der Waals surface area contributed by atoms with Crippen molar-refractivity contribution in [2.24, 2.45) is 12.8 Å².